The number of H-pyrrole nitrogens is 1. The Morgan fingerprint density at radius 3 is 2.35 bits per heavy atom. The van der Waals surface area contributed by atoms with E-state index in [1.165, 1.54) is 4.57 Å². The van der Waals surface area contributed by atoms with Gasteiger partial charge in [0.05, 0.1) is 25.9 Å². The molecule has 0 bridgehead atoms. The second-order valence-electron chi connectivity index (χ2n) is 7.19. The van der Waals surface area contributed by atoms with E-state index in [0.29, 0.717) is 50.1 Å². The molecule has 0 amide bonds. The molecule has 9 nitrogen and oxygen atoms in total. The van der Waals surface area contributed by atoms with E-state index in [4.69, 9.17) is 9.05 Å². The number of hydrogen-bond acceptors (Lipinski definition) is 6. The van der Waals surface area contributed by atoms with Crippen molar-refractivity contribution in [2.75, 3.05) is 19.4 Å². The van der Waals surface area contributed by atoms with Crippen molar-refractivity contribution in [3.63, 3.8) is 0 Å². The lowest BCUT2D eigenvalue weighted by molar-refractivity contribution is 0.219. The smallest absolute Gasteiger partial charge is 0.322 e. The minimum atomic E-state index is -3.09. The first kappa shape index (κ1) is 23.2. The van der Waals surface area contributed by atoms with E-state index < -0.39 is 13.3 Å². The van der Waals surface area contributed by atoms with Crippen LogP contribution in [0.5, 0.6) is 0 Å². The molecule has 2 aromatic heterocycles. The summed E-state index contributed by atoms with van der Waals surface area (Å²) in [5, 5.41) is 0. The lowest BCUT2D eigenvalue weighted by Gasteiger charge is -2.16. The number of aromatic amines is 1. The fraction of sp³-hybridized carbons (Fsp3) is 0.476. The van der Waals surface area contributed by atoms with Gasteiger partial charge in [0.15, 0.2) is 11.2 Å². The second-order valence-corrected chi connectivity index (χ2v) is 9.38. The minimum absolute atomic E-state index is 0.182. The Balaban J connectivity index is 1.82. The van der Waals surface area contributed by atoms with Gasteiger partial charge in [0.2, 0.25) is 0 Å². The third-order valence-electron chi connectivity index (χ3n) is 4.98. The zero-order valence-electron chi connectivity index (χ0n) is 18.2. The van der Waals surface area contributed by atoms with Crippen LogP contribution in [-0.4, -0.2) is 38.5 Å². The zero-order chi connectivity index (χ0) is 22.4. The highest BCUT2D eigenvalue weighted by Crippen LogP contribution is 2.48. The SMILES string of the molecule is CCOP(=O)(CCCCn1c(C)nc2[nH]c(=O)n(Cc3ccccc3)c(=O)c21)OCC. The molecule has 31 heavy (non-hydrogen) atoms. The van der Waals surface area contributed by atoms with Gasteiger partial charge in [-0.2, -0.15) is 0 Å². The topological polar surface area (TPSA) is 108 Å². The van der Waals surface area contributed by atoms with Crippen LogP contribution in [0.4, 0.5) is 0 Å². The quantitative estimate of drug-likeness (QED) is 0.356. The average Bonchev–Trinajstić information content (AvgIpc) is 3.04. The molecule has 0 aliphatic rings. The Labute approximate surface area is 180 Å². The largest absolute Gasteiger partial charge is 0.330 e. The number of benzene rings is 1. The van der Waals surface area contributed by atoms with Crippen molar-refractivity contribution < 1.29 is 13.6 Å². The molecule has 0 aliphatic carbocycles. The van der Waals surface area contributed by atoms with Crippen LogP contribution < -0.4 is 11.2 Å². The Bertz CT molecular complexity index is 1170. The van der Waals surface area contributed by atoms with Crippen molar-refractivity contribution in [1.29, 1.82) is 0 Å². The van der Waals surface area contributed by atoms with Gasteiger partial charge in [0.25, 0.3) is 5.56 Å². The average molecular weight is 448 g/mol. The molecule has 0 saturated carbocycles. The number of unbranched alkanes of at least 4 members (excludes halogenated alkanes) is 1. The molecule has 1 aromatic carbocycles. The number of aromatic nitrogens is 4. The maximum absolute atomic E-state index is 13.1. The number of nitrogens with one attached hydrogen (secondary N) is 1. The maximum atomic E-state index is 13.1. The monoisotopic (exact) mass is 448 g/mol. The Morgan fingerprint density at radius 2 is 1.71 bits per heavy atom. The van der Waals surface area contributed by atoms with Gasteiger partial charge < -0.3 is 13.6 Å². The van der Waals surface area contributed by atoms with Gasteiger partial charge in [-0.25, -0.2) is 9.78 Å². The Hall–Kier alpha value is -2.48. The highest BCUT2D eigenvalue weighted by atomic mass is 31.2. The van der Waals surface area contributed by atoms with Crippen LogP contribution in [-0.2, 0) is 26.7 Å². The van der Waals surface area contributed by atoms with E-state index in [2.05, 4.69) is 9.97 Å². The molecule has 0 unspecified atom stereocenters. The molecule has 3 rings (SSSR count). The number of nitrogens with zero attached hydrogens (tertiary/aromatic N) is 3. The Morgan fingerprint density at radius 1 is 1.03 bits per heavy atom. The molecule has 3 aromatic rings. The summed E-state index contributed by atoms with van der Waals surface area (Å²) in [6.07, 6.45) is 1.58. The van der Waals surface area contributed by atoms with E-state index in [1.807, 2.05) is 30.3 Å². The summed E-state index contributed by atoms with van der Waals surface area (Å²) in [5.41, 5.74) is 0.648. The molecule has 0 radical (unpaired) electrons. The molecule has 0 spiro atoms. The summed E-state index contributed by atoms with van der Waals surface area (Å²) < 4.78 is 26.3. The zero-order valence-corrected chi connectivity index (χ0v) is 19.1. The molecule has 1 N–H and O–H groups in total. The Kier molecular flexibility index (Phi) is 7.64. The van der Waals surface area contributed by atoms with Crippen LogP contribution in [0.3, 0.4) is 0 Å². The van der Waals surface area contributed by atoms with Gasteiger partial charge in [-0.15, -0.1) is 0 Å². The van der Waals surface area contributed by atoms with Gasteiger partial charge in [-0.05, 0) is 39.2 Å². The summed E-state index contributed by atoms with van der Waals surface area (Å²) in [6, 6.07) is 9.35. The van der Waals surface area contributed by atoms with E-state index in [1.54, 1.807) is 25.3 Å². The van der Waals surface area contributed by atoms with Crippen LogP contribution in [0.1, 0.15) is 38.1 Å². The van der Waals surface area contributed by atoms with Crippen LogP contribution in [0, 0.1) is 6.92 Å². The van der Waals surface area contributed by atoms with E-state index >= 15 is 0 Å². The van der Waals surface area contributed by atoms with Crippen molar-refractivity contribution in [3.05, 3.63) is 62.6 Å². The van der Waals surface area contributed by atoms with Crippen molar-refractivity contribution in [2.45, 2.75) is 46.7 Å². The highest BCUT2D eigenvalue weighted by Gasteiger charge is 2.23. The molecule has 0 fully saturated rings. The first-order valence-electron chi connectivity index (χ1n) is 10.5. The fourth-order valence-corrected chi connectivity index (χ4v) is 5.31. The predicted molar refractivity (Wildman–Crippen MR) is 120 cm³/mol. The maximum Gasteiger partial charge on any atom is 0.330 e. The predicted octanol–water partition coefficient (Wildman–Crippen LogP) is 3.29. The number of fused-ring (bicyclic) bond motifs is 1. The van der Waals surface area contributed by atoms with Crippen molar-refractivity contribution in [3.8, 4) is 0 Å². The number of hydrogen-bond donors (Lipinski definition) is 1. The molecule has 0 aliphatic heterocycles. The van der Waals surface area contributed by atoms with E-state index in [9.17, 15) is 14.2 Å². The summed E-state index contributed by atoms with van der Waals surface area (Å²) in [5.74, 6) is 0.637. The van der Waals surface area contributed by atoms with Crippen molar-refractivity contribution >= 4 is 18.8 Å². The highest BCUT2D eigenvalue weighted by molar-refractivity contribution is 7.53. The summed E-state index contributed by atoms with van der Waals surface area (Å²) in [4.78, 5) is 32.7. The number of imidazole rings is 1. The number of aryl methyl sites for hydroxylation is 2. The van der Waals surface area contributed by atoms with Crippen LogP contribution in [0.15, 0.2) is 39.9 Å². The van der Waals surface area contributed by atoms with Gasteiger partial charge in [-0.1, -0.05) is 30.3 Å². The summed E-state index contributed by atoms with van der Waals surface area (Å²) in [7, 11) is -3.09. The normalized spacial score (nSPS) is 12.0. The van der Waals surface area contributed by atoms with E-state index in [-0.39, 0.29) is 17.8 Å². The van der Waals surface area contributed by atoms with Gasteiger partial charge >= 0.3 is 13.3 Å². The molecule has 168 valence electrons. The molecular weight excluding hydrogens is 419 g/mol. The van der Waals surface area contributed by atoms with Crippen molar-refractivity contribution in [1.82, 2.24) is 19.1 Å². The number of rotatable bonds is 11. The fourth-order valence-electron chi connectivity index (χ4n) is 3.58. The third kappa shape index (κ3) is 5.42. The van der Waals surface area contributed by atoms with Crippen LogP contribution >= 0.6 is 7.60 Å². The molecule has 10 heteroatoms. The lowest BCUT2D eigenvalue weighted by Crippen LogP contribution is -2.36. The molecule has 0 saturated heterocycles. The standard InChI is InChI=1S/C21H29N4O5P/c1-4-29-31(28,30-5-2)14-10-9-13-24-16(3)22-19-18(24)20(26)25(21(27)23-19)15-17-11-7-6-8-12-17/h6-8,11-12H,4-5,9-10,13-15H2,1-3H3,(H,23,27). The van der Waals surface area contributed by atoms with Gasteiger partial charge in [-0.3, -0.25) is 18.9 Å². The van der Waals surface area contributed by atoms with Crippen LogP contribution in [0.2, 0.25) is 0 Å². The summed E-state index contributed by atoms with van der Waals surface area (Å²) in [6.45, 7) is 6.72. The third-order valence-corrected chi connectivity index (χ3v) is 7.14. The molecule has 0 atom stereocenters. The second kappa shape index (κ2) is 10.2. The van der Waals surface area contributed by atoms with E-state index in [0.717, 1.165) is 5.56 Å². The van der Waals surface area contributed by atoms with Gasteiger partial charge in [0, 0.05) is 6.54 Å². The van der Waals surface area contributed by atoms with Gasteiger partial charge in [0.1, 0.15) is 5.82 Å². The first-order valence-corrected chi connectivity index (χ1v) is 12.2. The lowest BCUT2D eigenvalue weighted by atomic mass is 10.2. The summed E-state index contributed by atoms with van der Waals surface area (Å²) >= 11 is 0. The first-order chi connectivity index (χ1) is 14.9. The van der Waals surface area contributed by atoms with Crippen LogP contribution in [0.25, 0.3) is 11.2 Å². The minimum Gasteiger partial charge on any atom is -0.322 e. The van der Waals surface area contributed by atoms with Crippen molar-refractivity contribution in [2.24, 2.45) is 0 Å². The molecule has 2 heterocycles. The molecular formula is C21H29N4O5P.